The van der Waals surface area contributed by atoms with Crippen LogP contribution in [0.15, 0.2) is 33.9 Å². The zero-order valence-corrected chi connectivity index (χ0v) is 13.3. The number of rotatable bonds is 4. The third-order valence-corrected chi connectivity index (χ3v) is 4.22. The van der Waals surface area contributed by atoms with Gasteiger partial charge in [0.25, 0.3) is 0 Å². The predicted molar refractivity (Wildman–Crippen MR) is 80.3 cm³/mol. The Morgan fingerprint density at radius 3 is 2.59 bits per heavy atom. The minimum atomic E-state index is -3.46. The summed E-state index contributed by atoms with van der Waals surface area (Å²) in [5.41, 5.74) is 1.33. The first kappa shape index (κ1) is 14.7. The van der Waals surface area contributed by atoms with Gasteiger partial charge < -0.3 is 9.09 Å². The number of sulfone groups is 1. The monoisotopic (exact) mass is 320 g/mol. The van der Waals surface area contributed by atoms with Gasteiger partial charge in [-0.15, -0.1) is 0 Å². The number of nitrogens with zero attached hydrogens (tertiary/aromatic N) is 4. The molecule has 0 fully saturated rings. The van der Waals surface area contributed by atoms with Crippen molar-refractivity contribution in [1.82, 2.24) is 19.7 Å². The van der Waals surface area contributed by atoms with Crippen molar-refractivity contribution in [2.45, 2.75) is 31.5 Å². The molecule has 0 saturated heterocycles. The van der Waals surface area contributed by atoms with E-state index in [0.29, 0.717) is 22.7 Å². The molecule has 7 nitrogen and oxygen atoms in total. The Bertz CT molecular complexity index is 925. The lowest BCUT2D eigenvalue weighted by molar-refractivity contribution is 0.362. The van der Waals surface area contributed by atoms with Crippen LogP contribution < -0.4 is 0 Å². The summed E-state index contributed by atoms with van der Waals surface area (Å²) in [5, 5.41) is 3.90. The van der Waals surface area contributed by atoms with Crippen LogP contribution in [0.4, 0.5) is 0 Å². The second-order valence-corrected chi connectivity index (χ2v) is 7.35. The molecule has 2 aromatic heterocycles. The highest BCUT2D eigenvalue weighted by molar-refractivity contribution is 7.90. The van der Waals surface area contributed by atoms with Gasteiger partial charge in [-0.1, -0.05) is 31.1 Å². The molecule has 3 rings (SSSR count). The van der Waals surface area contributed by atoms with Gasteiger partial charge in [0.05, 0.1) is 11.0 Å². The molecule has 0 aliphatic carbocycles. The van der Waals surface area contributed by atoms with Crippen LogP contribution >= 0.6 is 0 Å². The second kappa shape index (κ2) is 5.20. The average molecular weight is 320 g/mol. The van der Waals surface area contributed by atoms with Crippen molar-refractivity contribution in [3.05, 3.63) is 36.0 Å². The first-order chi connectivity index (χ1) is 10.4. The molecule has 0 unspecified atom stereocenters. The highest BCUT2D eigenvalue weighted by atomic mass is 32.2. The first-order valence-corrected chi connectivity index (χ1v) is 8.73. The quantitative estimate of drug-likeness (QED) is 0.730. The van der Waals surface area contributed by atoms with Crippen molar-refractivity contribution in [1.29, 1.82) is 0 Å². The standard InChI is InChI=1S/C14H16N4O3S/c1-9(2)13-16-12(21-17-13)8-18-11-7-5-4-6-10(11)15-14(18)22(3,19)20/h4-7,9H,8H2,1-3H3. The number of imidazole rings is 1. The fraction of sp³-hybridized carbons (Fsp3) is 0.357. The molecule has 116 valence electrons. The van der Waals surface area contributed by atoms with Gasteiger partial charge in [-0.25, -0.2) is 13.4 Å². The average Bonchev–Trinajstić information content (AvgIpc) is 3.04. The summed E-state index contributed by atoms with van der Waals surface area (Å²) in [7, 11) is -3.46. The van der Waals surface area contributed by atoms with Gasteiger partial charge in [-0.3, -0.25) is 0 Å². The molecule has 3 aromatic rings. The highest BCUT2D eigenvalue weighted by Gasteiger charge is 2.21. The summed E-state index contributed by atoms with van der Waals surface area (Å²) in [6, 6.07) is 7.24. The van der Waals surface area contributed by atoms with E-state index >= 15 is 0 Å². The molecule has 1 aromatic carbocycles. The maximum atomic E-state index is 12.0. The molecule has 0 saturated carbocycles. The molecule has 0 amide bonds. The highest BCUT2D eigenvalue weighted by Crippen LogP contribution is 2.21. The largest absolute Gasteiger partial charge is 0.337 e. The number of hydrogen-bond acceptors (Lipinski definition) is 6. The fourth-order valence-corrected chi connectivity index (χ4v) is 3.02. The third-order valence-electron chi connectivity index (χ3n) is 3.24. The smallest absolute Gasteiger partial charge is 0.246 e. The second-order valence-electron chi connectivity index (χ2n) is 5.44. The van der Waals surface area contributed by atoms with Crippen molar-refractivity contribution in [2.24, 2.45) is 0 Å². The van der Waals surface area contributed by atoms with Crippen molar-refractivity contribution >= 4 is 20.9 Å². The van der Waals surface area contributed by atoms with Crippen LogP contribution in [0.3, 0.4) is 0 Å². The Balaban J connectivity index is 2.12. The van der Waals surface area contributed by atoms with Crippen molar-refractivity contribution < 1.29 is 12.9 Å². The Hall–Kier alpha value is -2.22. The topological polar surface area (TPSA) is 90.9 Å². The Labute approximate surface area is 127 Å². The molecule has 8 heteroatoms. The van der Waals surface area contributed by atoms with Gasteiger partial charge in [0.2, 0.25) is 20.9 Å². The van der Waals surface area contributed by atoms with Gasteiger partial charge in [0.1, 0.15) is 6.54 Å². The zero-order chi connectivity index (χ0) is 15.9. The molecular formula is C14H16N4O3S. The third kappa shape index (κ3) is 2.61. The van der Waals surface area contributed by atoms with E-state index in [9.17, 15) is 8.42 Å². The summed E-state index contributed by atoms with van der Waals surface area (Å²) >= 11 is 0. The summed E-state index contributed by atoms with van der Waals surface area (Å²) in [4.78, 5) is 8.50. The van der Waals surface area contributed by atoms with Gasteiger partial charge in [-0.05, 0) is 12.1 Å². The van der Waals surface area contributed by atoms with Crippen LogP contribution in [0.5, 0.6) is 0 Å². The fourth-order valence-electron chi connectivity index (χ4n) is 2.19. The van der Waals surface area contributed by atoms with Crippen LogP contribution in [-0.2, 0) is 16.4 Å². The van der Waals surface area contributed by atoms with Crippen molar-refractivity contribution in [3.63, 3.8) is 0 Å². The normalized spacial score (nSPS) is 12.4. The summed E-state index contributed by atoms with van der Waals surface area (Å²) in [6.07, 6.45) is 1.14. The zero-order valence-electron chi connectivity index (χ0n) is 12.5. The van der Waals surface area contributed by atoms with Crippen LogP contribution in [0.1, 0.15) is 31.5 Å². The van der Waals surface area contributed by atoms with E-state index in [1.165, 1.54) is 0 Å². The van der Waals surface area contributed by atoms with Crippen LogP contribution in [0.25, 0.3) is 11.0 Å². The lowest BCUT2D eigenvalue weighted by atomic mass is 10.2. The van der Waals surface area contributed by atoms with Gasteiger partial charge in [0, 0.05) is 12.2 Å². The van der Waals surface area contributed by atoms with Gasteiger partial charge >= 0.3 is 0 Å². The molecule has 0 aliphatic rings. The Morgan fingerprint density at radius 2 is 1.95 bits per heavy atom. The van der Waals surface area contributed by atoms with Crippen LogP contribution in [0.2, 0.25) is 0 Å². The SMILES string of the molecule is CC(C)c1noc(Cn2c(S(C)(=O)=O)nc3ccccc32)n1. The van der Waals surface area contributed by atoms with Gasteiger partial charge in [0.15, 0.2) is 5.82 Å². The van der Waals surface area contributed by atoms with E-state index in [0.717, 1.165) is 6.26 Å². The lowest BCUT2D eigenvalue weighted by Gasteiger charge is -2.04. The van der Waals surface area contributed by atoms with Gasteiger partial charge in [-0.2, -0.15) is 4.98 Å². The minimum Gasteiger partial charge on any atom is -0.337 e. The Kier molecular flexibility index (Phi) is 3.48. The molecule has 22 heavy (non-hydrogen) atoms. The molecule has 0 radical (unpaired) electrons. The number of fused-ring (bicyclic) bond motifs is 1. The van der Waals surface area contributed by atoms with Crippen LogP contribution in [-0.4, -0.2) is 34.4 Å². The van der Waals surface area contributed by atoms with Crippen LogP contribution in [0, 0.1) is 0 Å². The molecule has 2 heterocycles. The number of aromatic nitrogens is 4. The molecule has 0 bridgehead atoms. The molecule has 0 atom stereocenters. The number of para-hydroxylation sites is 2. The van der Waals surface area contributed by atoms with Crippen molar-refractivity contribution in [2.75, 3.05) is 6.26 Å². The van der Waals surface area contributed by atoms with E-state index in [4.69, 9.17) is 4.52 Å². The van der Waals surface area contributed by atoms with E-state index < -0.39 is 9.84 Å². The minimum absolute atomic E-state index is 0.00185. The molecule has 0 N–H and O–H groups in total. The predicted octanol–water partition coefficient (Wildman–Crippen LogP) is 1.99. The molecular weight excluding hydrogens is 304 g/mol. The summed E-state index contributed by atoms with van der Waals surface area (Å²) in [6.45, 7) is 4.09. The Morgan fingerprint density at radius 1 is 1.23 bits per heavy atom. The molecule has 0 spiro atoms. The summed E-state index contributed by atoms with van der Waals surface area (Å²) in [5.74, 6) is 1.10. The maximum Gasteiger partial charge on any atom is 0.246 e. The molecule has 0 aliphatic heterocycles. The van der Waals surface area contributed by atoms with E-state index in [1.807, 2.05) is 32.0 Å². The summed E-state index contributed by atoms with van der Waals surface area (Å²) < 4.78 is 30.8. The number of hydrogen-bond donors (Lipinski definition) is 0. The van der Waals surface area contributed by atoms with E-state index in [1.54, 1.807) is 10.6 Å². The van der Waals surface area contributed by atoms with E-state index in [2.05, 4.69) is 15.1 Å². The lowest BCUT2D eigenvalue weighted by Crippen LogP contribution is -2.10. The maximum absolute atomic E-state index is 12.0. The number of benzene rings is 1. The van der Waals surface area contributed by atoms with Crippen molar-refractivity contribution in [3.8, 4) is 0 Å². The van der Waals surface area contributed by atoms with E-state index in [-0.39, 0.29) is 17.6 Å². The first-order valence-electron chi connectivity index (χ1n) is 6.84.